The van der Waals surface area contributed by atoms with Gasteiger partial charge >= 0.3 is 11.9 Å². The first-order valence-corrected chi connectivity index (χ1v) is 9.70. The van der Waals surface area contributed by atoms with Gasteiger partial charge in [-0.2, -0.15) is 0 Å². The fraction of sp³-hybridized carbons (Fsp3) is 0.611. The molecular formula is C18H23NO5S. The lowest BCUT2D eigenvalue weighted by Crippen LogP contribution is -2.24. The number of hydrogen-bond acceptors (Lipinski definition) is 6. The van der Waals surface area contributed by atoms with Crippen LogP contribution in [0.4, 0.5) is 5.00 Å². The molecule has 7 heteroatoms. The van der Waals surface area contributed by atoms with Crippen LogP contribution in [0.15, 0.2) is 0 Å². The quantitative estimate of drug-likeness (QED) is 0.784. The van der Waals surface area contributed by atoms with Crippen LogP contribution in [-0.4, -0.2) is 31.1 Å². The molecule has 0 saturated heterocycles. The van der Waals surface area contributed by atoms with Crippen LogP contribution < -0.4 is 5.32 Å². The number of carbonyl (C=O) groups is 3. The summed E-state index contributed by atoms with van der Waals surface area (Å²) in [6.45, 7) is 1.72. The molecule has 2 aliphatic rings. The molecule has 136 valence electrons. The molecule has 0 aliphatic heterocycles. The smallest absolute Gasteiger partial charge is 0.341 e. The van der Waals surface area contributed by atoms with Gasteiger partial charge in [0.1, 0.15) is 5.00 Å². The zero-order chi connectivity index (χ0) is 17.8. The Morgan fingerprint density at radius 3 is 2.60 bits per heavy atom. The van der Waals surface area contributed by atoms with Gasteiger partial charge in [0, 0.05) is 4.88 Å². The molecule has 3 rings (SSSR count). The third-order valence-electron chi connectivity index (χ3n) is 4.69. The van der Waals surface area contributed by atoms with E-state index in [2.05, 4.69) is 5.32 Å². The largest absolute Gasteiger partial charge is 0.462 e. The number of anilines is 1. The van der Waals surface area contributed by atoms with Gasteiger partial charge in [0.2, 0.25) is 0 Å². The number of ether oxygens (including phenoxy) is 2. The Kier molecular flexibility index (Phi) is 5.73. The van der Waals surface area contributed by atoms with Crippen LogP contribution in [0.1, 0.15) is 59.8 Å². The normalized spacial score (nSPS) is 16.5. The molecule has 1 aromatic rings. The van der Waals surface area contributed by atoms with Gasteiger partial charge in [0.25, 0.3) is 5.91 Å². The number of fused-ring (bicyclic) bond motifs is 1. The number of carbonyl (C=O) groups excluding carboxylic acids is 3. The summed E-state index contributed by atoms with van der Waals surface area (Å²) in [5.41, 5.74) is 1.46. The molecule has 0 unspecified atom stereocenters. The highest BCUT2D eigenvalue weighted by Crippen LogP contribution is 2.39. The monoisotopic (exact) mass is 365 g/mol. The van der Waals surface area contributed by atoms with Crippen LogP contribution in [0.5, 0.6) is 0 Å². The standard InChI is InChI=1S/C18H23NO5S/c1-2-23-18(22)15-12-8-5-9-13(12)25-16(15)19-14(20)10-24-17(21)11-6-3-4-7-11/h11H,2-10H2,1H3,(H,19,20). The molecule has 2 aliphatic carbocycles. The summed E-state index contributed by atoms with van der Waals surface area (Å²) in [6, 6.07) is 0. The zero-order valence-corrected chi connectivity index (χ0v) is 15.2. The SMILES string of the molecule is CCOC(=O)c1c(NC(=O)COC(=O)C2CCCC2)sc2c1CCC2. The number of hydrogen-bond donors (Lipinski definition) is 1. The van der Waals surface area contributed by atoms with E-state index in [1.807, 2.05) is 0 Å². The highest BCUT2D eigenvalue weighted by Gasteiger charge is 2.29. The topological polar surface area (TPSA) is 81.7 Å². The van der Waals surface area contributed by atoms with Crippen molar-refractivity contribution in [1.29, 1.82) is 0 Å². The van der Waals surface area contributed by atoms with Crippen molar-refractivity contribution in [3.8, 4) is 0 Å². The van der Waals surface area contributed by atoms with E-state index < -0.39 is 11.9 Å². The minimum atomic E-state index is -0.420. The third-order valence-corrected chi connectivity index (χ3v) is 5.90. The van der Waals surface area contributed by atoms with Crippen molar-refractivity contribution < 1.29 is 23.9 Å². The minimum absolute atomic E-state index is 0.0755. The number of aryl methyl sites for hydroxylation is 1. The second-order valence-electron chi connectivity index (χ2n) is 6.42. The maximum atomic E-state index is 12.3. The summed E-state index contributed by atoms with van der Waals surface area (Å²) in [4.78, 5) is 37.4. The van der Waals surface area contributed by atoms with Crippen LogP contribution >= 0.6 is 11.3 Å². The second-order valence-corrected chi connectivity index (χ2v) is 7.52. The summed E-state index contributed by atoms with van der Waals surface area (Å²) >= 11 is 1.42. The van der Waals surface area contributed by atoms with E-state index in [4.69, 9.17) is 9.47 Å². The Morgan fingerprint density at radius 1 is 1.12 bits per heavy atom. The van der Waals surface area contributed by atoms with E-state index in [-0.39, 0.29) is 25.1 Å². The first-order chi connectivity index (χ1) is 12.1. The molecule has 1 fully saturated rings. The maximum Gasteiger partial charge on any atom is 0.341 e. The predicted octanol–water partition coefficient (Wildman–Crippen LogP) is 3.09. The molecule has 6 nitrogen and oxygen atoms in total. The van der Waals surface area contributed by atoms with Gasteiger partial charge in [0.05, 0.1) is 18.1 Å². The van der Waals surface area contributed by atoms with Crippen LogP contribution in [0, 0.1) is 5.92 Å². The van der Waals surface area contributed by atoms with Crippen LogP contribution in [0.3, 0.4) is 0 Å². The van der Waals surface area contributed by atoms with E-state index in [1.165, 1.54) is 11.3 Å². The van der Waals surface area contributed by atoms with Crippen LogP contribution in [-0.2, 0) is 31.9 Å². The van der Waals surface area contributed by atoms with E-state index in [1.54, 1.807) is 6.92 Å². The number of amides is 1. The number of thiophene rings is 1. The van der Waals surface area contributed by atoms with Crippen LogP contribution in [0.25, 0.3) is 0 Å². The Hall–Kier alpha value is -1.89. The van der Waals surface area contributed by atoms with E-state index in [0.717, 1.165) is 55.4 Å². The average Bonchev–Trinajstić information content (AvgIpc) is 3.29. The molecule has 0 radical (unpaired) electrons. The van der Waals surface area contributed by atoms with Gasteiger partial charge in [-0.25, -0.2) is 4.79 Å². The lowest BCUT2D eigenvalue weighted by molar-refractivity contribution is -0.151. The van der Waals surface area contributed by atoms with Gasteiger partial charge < -0.3 is 14.8 Å². The predicted molar refractivity (Wildman–Crippen MR) is 93.8 cm³/mol. The third kappa shape index (κ3) is 4.03. The summed E-state index contributed by atoms with van der Waals surface area (Å²) in [7, 11) is 0. The van der Waals surface area contributed by atoms with Crippen molar-refractivity contribution >= 4 is 34.2 Å². The molecule has 0 bridgehead atoms. The molecule has 0 spiro atoms. The summed E-state index contributed by atoms with van der Waals surface area (Å²) in [5.74, 6) is -1.20. The van der Waals surface area contributed by atoms with Crippen molar-refractivity contribution in [2.24, 2.45) is 5.92 Å². The fourth-order valence-electron chi connectivity index (χ4n) is 3.49. The van der Waals surface area contributed by atoms with E-state index >= 15 is 0 Å². The summed E-state index contributed by atoms with van der Waals surface area (Å²) in [6.07, 6.45) is 6.51. The van der Waals surface area contributed by atoms with Crippen LogP contribution in [0.2, 0.25) is 0 Å². The van der Waals surface area contributed by atoms with Crippen molar-refractivity contribution in [2.45, 2.75) is 51.9 Å². The van der Waals surface area contributed by atoms with Gasteiger partial charge in [-0.1, -0.05) is 12.8 Å². The highest BCUT2D eigenvalue weighted by atomic mass is 32.1. The maximum absolute atomic E-state index is 12.3. The first-order valence-electron chi connectivity index (χ1n) is 8.88. The van der Waals surface area contributed by atoms with E-state index in [0.29, 0.717) is 10.6 Å². The Balaban J connectivity index is 1.62. The number of rotatable bonds is 6. The fourth-order valence-corrected chi connectivity index (χ4v) is 4.78. The lowest BCUT2D eigenvalue weighted by Gasteiger charge is -2.10. The second kappa shape index (κ2) is 7.99. The van der Waals surface area contributed by atoms with Crippen molar-refractivity contribution in [3.63, 3.8) is 0 Å². The molecule has 1 heterocycles. The summed E-state index contributed by atoms with van der Waals surface area (Å²) < 4.78 is 10.3. The molecule has 1 aromatic heterocycles. The number of nitrogens with one attached hydrogen (secondary N) is 1. The van der Waals surface area contributed by atoms with Crippen molar-refractivity contribution in [3.05, 3.63) is 16.0 Å². The molecule has 1 amide bonds. The zero-order valence-electron chi connectivity index (χ0n) is 14.4. The van der Waals surface area contributed by atoms with Gasteiger partial charge in [-0.3, -0.25) is 9.59 Å². The molecule has 0 atom stereocenters. The molecule has 1 saturated carbocycles. The number of esters is 2. The molecule has 1 N–H and O–H groups in total. The van der Waals surface area contributed by atoms with Crippen molar-refractivity contribution in [1.82, 2.24) is 0 Å². The molecule has 25 heavy (non-hydrogen) atoms. The van der Waals surface area contributed by atoms with Gasteiger partial charge in [-0.15, -0.1) is 11.3 Å². The Bertz CT molecular complexity index is 675. The summed E-state index contributed by atoms with van der Waals surface area (Å²) in [5, 5.41) is 3.23. The van der Waals surface area contributed by atoms with E-state index in [9.17, 15) is 14.4 Å². The first kappa shape index (κ1) is 17.9. The Morgan fingerprint density at radius 2 is 1.88 bits per heavy atom. The average molecular weight is 365 g/mol. The lowest BCUT2D eigenvalue weighted by atomic mass is 10.1. The Labute approximate surface area is 150 Å². The van der Waals surface area contributed by atoms with Crippen molar-refractivity contribution in [2.75, 3.05) is 18.5 Å². The minimum Gasteiger partial charge on any atom is -0.462 e. The molecular weight excluding hydrogens is 342 g/mol. The van der Waals surface area contributed by atoms with Gasteiger partial charge in [-0.05, 0) is 44.6 Å². The molecule has 0 aromatic carbocycles. The van der Waals surface area contributed by atoms with Gasteiger partial charge in [0.15, 0.2) is 6.61 Å². The highest BCUT2D eigenvalue weighted by molar-refractivity contribution is 7.17.